The average molecular weight is 779 g/mol. The SMILES string of the molecule is COc1ccc(C=CC(=O)OCCCCCCCCCCCCCCCCCCCCCCCCCCCCOC(=O)C=Cc2ccc(OC)c(O)c2)cc1O. The summed E-state index contributed by atoms with van der Waals surface area (Å²) in [5.41, 5.74) is 1.43. The zero-order valence-corrected chi connectivity index (χ0v) is 34.9. The first kappa shape index (κ1) is 48.2. The molecule has 0 aromatic heterocycles. The van der Waals surface area contributed by atoms with Crippen LogP contribution in [0.5, 0.6) is 23.0 Å². The van der Waals surface area contributed by atoms with Crippen LogP contribution in [0.3, 0.4) is 0 Å². The molecule has 2 N–H and O–H groups in total. The second-order valence-corrected chi connectivity index (χ2v) is 15.1. The Kier molecular flexibility index (Phi) is 28.6. The molecule has 8 heteroatoms. The standard InChI is InChI=1S/C48H74O8/c1-53-45-33-29-41(39-43(45)49)31-35-47(51)55-37-27-25-23-21-19-17-15-13-11-9-7-5-3-4-6-8-10-12-14-16-18-20-22-24-26-28-38-56-48(52)36-32-42-30-34-46(54-2)44(50)40-42/h29-36,39-40,49-50H,3-28,37-38H2,1-2H3. The number of methoxy groups -OCH3 is 2. The molecule has 2 aromatic carbocycles. The van der Waals surface area contributed by atoms with Gasteiger partial charge in [0.1, 0.15) is 0 Å². The van der Waals surface area contributed by atoms with Crippen LogP contribution in [-0.4, -0.2) is 49.6 Å². The van der Waals surface area contributed by atoms with Crippen LogP contribution in [0.25, 0.3) is 12.2 Å². The molecule has 56 heavy (non-hydrogen) atoms. The highest BCUT2D eigenvalue weighted by atomic mass is 16.5. The van der Waals surface area contributed by atoms with E-state index in [-0.39, 0.29) is 23.4 Å². The average Bonchev–Trinajstić information content (AvgIpc) is 3.20. The van der Waals surface area contributed by atoms with Crippen LogP contribution < -0.4 is 9.47 Å². The predicted molar refractivity (Wildman–Crippen MR) is 229 cm³/mol. The minimum atomic E-state index is -0.355. The van der Waals surface area contributed by atoms with E-state index in [1.165, 1.54) is 168 Å². The van der Waals surface area contributed by atoms with Gasteiger partial charge < -0.3 is 29.2 Å². The van der Waals surface area contributed by atoms with Gasteiger partial charge in [0, 0.05) is 12.2 Å². The first-order valence-corrected chi connectivity index (χ1v) is 21.9. The van der Waals surface area contributed by atoms with Gasteiger partial charge in [-0.2, -0.15) is 0 Å². The maximum atomic E-state index is 11.9. The monoisotopic (exact) mass is 779 g/mol. The third-order valence-corrected chi connectivity index (χ3v) is 10.3. The van der Waals surface area contributed by atoms with Gasteiger partial charge in [0.05, 0.1) is 27.4 Å². The van der Waals surface area contributed by atoms with Crippen LogP contribution in [0.4, 0.5) is 0 Å². The normalized spacial score (nSPS) is 11.4. The summed E-state index contributed by atoms with van der Waals surface area (Å²) < 4.78 is 20.6. The number of carbonyl (C=O) groups excluding carboxylic acids is 2. The number of carbonyl (C=O) groups is 2. The van der Waals surface area contributed by atoms with E-state index in [2.05, 4.69) is 0 Å². The van der Waals surface area contributed by atoms with Gasteiger partial charge in [0.15, 0.2) is 23.0 Å². The van der Waals surface area contributed by atoms with E-state index >= 15 is 0 Å². The number of phenols is 2. The fraction of sp³-hybridized carbons (Fsp3) is 0.625. The topological polar surface area (TPSA) is 112 Å². The summed E-state index contributed by atoms with van der Waals surface area (Å²) in [6.07, 6.45) is 39.7. The fourth-order valence-electron chi connectivity index (χ4n) is 6.84. The van der Waals surface area contributed by atoms with E-state index in [1.807, 2.05) is 0 Å². The summed E-state index contributed by atoms with van der Waals surface area (Å²) in [6.45, 7) is 0.906. The third-order valence-electron chi connectivity index (χ3n) is 10.3. The molecule has 0 aliphatic heterocycles. The lowest BCUT2D eigenvalue weighted by molar-refractivity contribution is -0.138. The number of benzene rings is 2. The summed E-state index contributed by atoms with van der Waals surface area (Å²) in [4.78, 5) is 23.8. The van der Waals surface area contributed by atoms with E-state index in [9.17, 15) is 19.8 Å². The molecule has 0 spiro atoms. The zero-order chi connectivity index (χ0) is 40.3. The van der Waals surface area contributed by atoms with Crippen molar-refractivity contribution in [3.63, 3.8) is 0 Å². The minimum Gasteiger partial charge on any atom is -0.504 e. The van der Waals surface area contributed by atoms with Crippen molar-refractivity contribution < 1.29 is 38.7 Å². The molecule has 0 saturated heterocycles. The van der Waals surface area contributed by atoms with Crippen molar-refractivity contribution in [3.8, 4) is 23.0 Å². The summed E-state index contributed by atoms with van der Waals surface area (Å²) in [6, 6.07) is 9.98. The summed E-state index contributed by atoms with van der Waals surface area (Å²) in [5, 5.41) is 19.6. The maximum absolute atomic E-state index is 11.9. The number of aromatic hydroxyl groups is 2. The first-order valence-electron chi connectivity index (χ1n) is 21.9. The third kappa shape index (κ3) is 25.3. The Bertz CT molecular complexity index is 1260. The largest absolute Gasteiger partial charge is 0.504 e. The van der Waals surface area contributed by atoms with Gasteiger partial charge in [-0.05, 0) is 60.4 Å². The van der Waals surface area contributed by atoms with E-state index in [0.29, 0.717) is 24.7 Å². The van der Waals surface area contributed by atoms with Gasteiger partial charge in [-0.25, -0.2) is 9.59 Å². The predicted octanol–water partition coefficient (Wildman–Crippen LogP) is 13.1. The molecule has 0 radical (unpaired) electrons. The number of rotatable bonds is 35. The highest BCUT2D eigenvalue weighted by molar-refractivity contribution is 5.87. The Labute approximate surface area is 339 Å². The number of hydrogen-bond acceptors (Lipinski definition) is 8. The first-order chi connectivity index (χ1) is 27.4. The lowest BCUT2D eigenvalue weighted by atomic mass is 10.0. The molecule has 0 atom stereocenters. The van der Waals surface area contributed by atoms with Crippen molar-refractivity contribution in [3.05, 3.63) is 59.7 Å². The lowest BCUT2D eigenvalue weighted by Crippen LogP contribution is -2.02. The number of unbranched alkanes of at least 4 members (excludes halogenated alkanes) is 25. The van der Waals surface area contributed by atoms with Gasteiger partial charge in [-0.1, -0.05) is 166 Å². The maximum Gasteiger partial charge on any atom is 0.330 e. The summed E-state index contributed by atoms with van der Waals surface area (Å²) in [5.74, 6) is 0.188. The number of esters is 2. The zero-order valence-electron chi connectivity index (χ0n) is 34.9. The van der Waals surface area contributed by atoms with Crippen LogP contribution in [0, 0.1) is 0 Å². The molecule has 0 bridgehead atoms. The van der Waals surface area contributed by atoms with E-state index in [4.69, 9.17) is 18.9 Å². The molecule has 0 fully saturated rings. The van der Waals surface area contributed by atoms with Crippen molar-refractivity contribution in [1.82, 2.24) is 0 Å². The molecule has 8 nitrogen and oxygen atoms in total. The highest BCUT2D eigenvalue weighted by Gasteiger charge is 2.04. The fourth-order valence-corrected chi connectivity index (χ4v) is 6.84. The van der Waals surface area contributed by atoms with E-state index < -0.39 is 0 Å². The lowest BCUT2D eigenvalue weighted by Gasteiger charge is -2.05. The Morgan fingerprint density at radius 3 is 0.911 bits per heavy atom. The second kappa shape index (κ2) is 33.2. The van der Waals surface area contributed by atoms with Crippen LogP contribution >= 0.6 is 0 Å². The molecule has 2 aromatic rings. The molecular formula is C48H74O8. The molecule has 0 amide bonds. The summed E-state index contributed by atoms with van der Waals surface area (Å²) >= 11 is 0. The van der Waals surface area contributed by atoms with Crippen LogP contribution in [0.2, 0.25) is 0 Å². The number of ether oxygens (including phenoxy) is 4. The molecule has 0 heterocycles. The van der Waals surface area contributed by atoms with E-state index in [1.54, 1.807) is 48.6 Å². The van der Waals surface area contributed by atoms with Gasteiger partial charge in [0.25, 0.3) is 0 Å². The Hall–Kier alpha value is -3.94. The van der Waals surface area contributed by atoms with E-state index in [0.717, 1.165) is 36.8 Å². The molecule has 0 saturated carbocycles. The molecule has 0 aliphatic carbocycles. The van der Waals surface area contributed by atoms with Crippen LogP contribution in [-0.2, 0) is 19.1 Å². The smallest absolute Gasteiger partial charge is 0.330 e. The quantitative estimate of drug-likeness (QED) is 0.0404. The second-order valence-electron chi connectivity index (χ2n) is 15.1. The summed E-state index contributed by atoms with van der Waals surface area (Å²) in [7, 11) is 3.00. The Balaban J connectivity index is 1.21. The van der Waals surface area contributed by atoms with Crippen molar-refractivity contribution in [2.24, 2.45) is 0 Å². The molecule has 2 rings (SSSR count). The molecule has 314 valence electrons. The Morgan fingerprint density at radius 1 is 0.429 bits per heavy atom. The number of phenolic OH excluding ortho intramolecular Hbond substituents is 2. The van der Waals surface area contributed by atoms with Crippen molar-refractivity contribution in [2.75, 3.05) is 27.4 Å². The highest BCUT2D eigenvalue weighted by Crippen LogP contribution is 2.27. The van der Waals surface area contributed by atoms with Crippen LogP contribution in [0.15, 0.2) is 48.6 Å². The van der Waals surface area contributed by atoms with Gasteiger partial charge in [-0.3, -0.25) is 0 Å². The molecular weight excluding hydrogens is 705 g/mol. The Morgan fingerprint density at radius 2 is 0.679 bits per heavy atom. The van der Waals surface area contributed by atoms with Gasteiger partial charge >= 0.3 is 11.9 Å². The van der Waals surface area contributed by atoms with Crippen molar-refractivity contribution >= 4 is 24.1 Å². The van der Waals surface area contributed by atoms with Gasteiger partial charge in [0.2, 0.25) is 0 Å². The van der Waals surface area contributed by atoms with Crippen molar-refractivity contribution in [1.29, 1.82) is 0 Å². The van der Waals surface area contributed by atoms with Gasteiger partial charge in [-0.15, -0.1) is 0 Å². The molecule has 0 aliphatic rings. The van der Waals surface area contributed by atoms with Crippen molar-refractivity contribution in [2.45, 2.75) is 167 Å². The number of hydrogen-bond donors (Lipinski definition) is 2. The minimum absolute atomic E-state index is 0.0451. The van der Waals surface area contributed by atoms with Crippen LogP contribution in [0.1, 0.15) is 178 Å². The molecule has 0 unspecified atom stereocenters.